The van der Waals surface area contributed by atoms with Crippen molar-refractivity contribution in [1.82, 2.24) is 0 Å². The predicted octanol–water partition coefficient (Wildman–Crippen LogP) is 3.75. The van der Waals surface area contributed by atoms with E-state index in [-0.39, 0.29) is 5.43 Å². The van der Waals surface area contributed by atoms with E-state index < -0.39 is 12.1 Å². The van der Waals surface area contributed by atoms with Gasteiger partial charge in [-0.05, 0) is 19.1 Å². The molecule has 0 bridgehead atoms. The van der Waals surface area contributed by atoms with Gasteiger partial charge in [-0.3, -0.25) is 9.59 Å². The number of carbonyl (C=O) groups is 1. The molecular formula is C19H16O4. The smallest absolute Gasteiger partial charge is 0.303 e. The molecule has 0 amide bonds. The summed E-state index contributed by atoms with van der Waals surface area (Å²) in [6, 6.07) is 16.0. The van der Waals surface area contributed by atoms with Gasteiger partial charge in [-0.15, -0.1) is 0 Å². The van der Waals surface area contributed by atoms with Gasteiger partial charge >= 0.3 is 5.97 Å². The molecule has 1 aromatic heterocycles. The summed E-state index contributed by atoms with van der Waals surface area (Å²) in [5.74, 6) is -0.127. The lowest BCUT2D eigenvalue weighted by Gasteiger charge is -2.17. The minimum atomic E-state index is -0.743. The maximum Gasteiger partial charge on any atom is 0.303 e. The summed E-state index contributed by atoms with van der Waals surface area (Å²) in [6.45, 7) is 3.25. The summed E-state index contributed by atoms with van der Waals surface area (Å²) in [7, 11) is 0. The van der Waals surface area contributed by atoms with Crippen LogP contribution in [0.3, 0.4) is 0 Å². The average molecular weight is 308 g/mol. The van der Waals surface area contributed by atoms with Crippen molar-refractivity contribution in [2.75, 3.05) is 0 Å². The fourth-order valence-corrected chi connectivity index (χ4v) is 2.50. The second kappa shape index (κ2) is 6.08. The third-order valence-electron chi connectivity index (χ3n) is 3.55. The summed E-state index contributed by atoms with van der Waals surface area (Å²) < 4.78 is 11.2. The zero-order valence-corrected chi connectivity index (χ0v) is 12.9. The van der Waals surface area contributed by atoms with Crippen LogP contribution in [0.4, 0.5) is 0 Å². The molecule has 3 rings (SSSR count). The summed E-state index contributed by atoms with van der Waals surface area (Å²) >= 11 is 0. The first kappa shape index (κ1) is 15.0. The monoisotopic (exact) mass is 308 g/mol. The highest BCUT2D eigenvalue weighted by Crippen LogP contribution is 2.27. The molecule has 4 nitrogen and oxygen atoms in total. The molecule has 116 valence electrons. The first-order valence-electron chi connectivity index (χ1n) is 7.31. The number of esters is 1. The van der Waals surface area contributed by atoms with E-state index in [9.17, 15) is 9.59 Å². The second-order valence-corrected chi connectivity index (χ2v) is 5.41. The minimum absolute atomic E-state index is 0.155. The molecule has 4 heteroatoms. The molecule has 0 radical (unpaired) electrons. The van der Waals surface area contributed by atoms with Crippen molar-refractivity contribution in [3.63, 3.8) is 0 Å². The number of carbonyl (C=O) groups excluding carboxylic acids is 1. The maximum absolute atomic E-state index is 12.4. The zero-order chi connectivity index (χ0) is 16.4. The standard InChI is InChI=1S/C19H16O4/c1-12-8-9-17-15(10-12)16(21)11-18(23-17)19(22-13(2)20)14-6-4-3-5-7-14/h3-11,19H,1-2H3. The average Bonchev–Trinajstić information content (AvgIpc) is 2.54. The van der Waals surface area contributed by atoms with Crippen LogP contribution in [0.1, 0.15) is 29.9 Å². The molecule has 0 aliphatic heterocycles. The minimum Gasteiger partial charge on any atom is -0.456 e. The van der Waals surface area contributed by atoms with Crippen molar-refractivity contribution in [1.29, 1.82) is 0 Å². The Labute approximate surface area is 133 Å². The molecule has 0 aliphatic carbocycles. The quantitative estimate of drug-likeness (QED) is 0.691. The van der Waals surface area contributed by atoms with Gasteiger partial charge in [-0.1, -0.05) is 42.0 Å². The van der Waals surface area contributed by atoms with Gasteiger partial charge in [0.2, 0.25) is 0 Å². The number of aryl methyl sites for hydroxylation is 1. The number of hydrogen-bond donors (Lipinski definition) is 0. The van der Waals surface area contributed by atoms with Gasteiger partial charge in [-0.2, -0.15) is 0 Å². The van der Waals surface area contributed by atoms with Crippen molar-refractivity contribution in [2.24, 2.45) is 0 Å². The van der Waals surface area contributed by atoms with Crippen LogP contribution in [0.15, 0.2) is 63.8 Å². The van der Waals surface area contributed by atoms with Crippen molar-refractivity contribution in [3.05, 3.63) is 81.7 Å². The van der Waals surface area contributed by atoms with Crippen LogP contribution in [0.5, 0.6) is 0 Å². The molecule has 3 aromatic rings. The number of benzene rings is 2. The largest absolute Gasteiger partial charge is 0.456 e. The van der Waals surface area contributed by atoms with Gasteiger partial charge in [0.15, 0.2) is 17.3 Å². The first-order chi connectivity index (χ1) is 11.0. The number of ether oxygens (including phenoxy) is 1. The van der Waals surface area contributed by atoms with Crippen molar-refractivity contribution in [2.45, 2.75) is 20.0 Å². The first-order valence-corrected chi connectivity index (χ1v) is 7.31. The van der Waals surface area contributed by atoms with Crippen LogP contribution in [0.25, 0.3) is 11.0 Å². The molecule has 0 fully saturated rings. The van der Waals surface area contributed by atoms with Gasteiger partial charge in [-0.25, -0.2) is 0 Å². The molecule has 1 atom stereocenters. The van der Waals surface area contributed by atoms with Crippen LogP contribution in [0, 0.1) is 6.92 Å². The van der Waals surface area contributed by atoms with Crippen molar-refractivity contribution < 1.29 is 13.9 Å². The third-order valence-corrected chi connectivity index (χ3v) is 3.55. The number of fused-ring (bicyclic) bond motifs is 1. The van der Waals surface area contributed by atoms with E-state index in [0.717, 1.165) is 11.1 Å². The summed E-state index contributed by atoms with van der Waals surface area (Å²) in [5, 5.41) is 0.517. The molecule has 0 aliphatic rings. The summed E-state index contributed by atoms with van der Waals surface area (Å²) in [4.78, 5) is 23.8. The third kappa shape index (κ3) is 3.16. The second-order valence-electron chi connectivity index (χ2n) is 5.41. The molecule has 23 heavy (non-hydrogen) atoms. The van der Waals surface area contributed by atoms with Gasteiger partial charge < -0.3 is 9.15 Å². The Morgan fingerprint density at radius 2 is 1.83 bits per heavy atom. The van der Waals surface area contributed by atoms with E-state index in [4.69, 9.17) is 9.15 Å². The van der Waals surface area contributed by atoms with Crippen molar-refractivity contribution >= 4 is 16.9 Å². The van der Waals surface area contributed by atoms with Crippen LogP contribution < -0.4 is 5.43 Å². The molecule has 2 aromatic carbocycles. The van der Waals surface area contributed by atoms with E-state index in [0.29, 0.717) is 16.7 Å². The highest BCUT2D eigenvalue weighted by molar-refractivity contribution is 5.77. The maximum atomic E-state index is 12.4. The van der Waals surface area contributed by atoms with Gasteiger partial charge in [0.25, 0.3) is 0 Å². The summed E-state index contributed by atoms with van der Waals surface area (Å²) in [6.07, 6.45) is -0.743. The van der Waals surface area contributed by atoms with Crippen molar-refractivity contribution in [3.8, 4) is 0 Å². The van der Waals surface area contributed by atoms with E-state index in [1.165, 1.54) is 13.0 Å². The molecule has 1 heterocycles. The van der Waals surface area contributed by atoms with Crippen LogP contribution in [0.2, 0.25) is 0 Å². The highest BCUT2D eigenvalue weighted by atomic mass is 16.5. The van der Waals surface area contributed by atoms with Crippen LogP contribution in [-0.2, 0) is 9.53 Å². The van der Waals surface area contributed by atoms with Gasteiger partial charge in [0.1, 0.15) is 5.58 Å². The van der Waals surface area contributed by atoms with Crippen LogP contribution >= 0.6 is 0 Å². The number of rotatable bonds is 3. The van der Waals surface area contributed by atoms with E-state index in [2.05, 4.69) is 0 Å². The van der Waals surface area contributed by atoms with E-state index >= 15 is 0 Å². The Balaban J connectivity index is 2.16. The molecule has 0 saturated heterocycles. The lowest BCUT2D eigenvalue weighted by molar-refractivity contribution is -0.145. The molecular weight excluding hydrogens is 292 g/mol. The van der Waals surface area contributed by atoms with Gasteiger partial charge in [0.05, 0.1) is 5.39 Å². The molecule has 0 spiro atoms. The Morgan fingerprint density at radius 1 is 1.09 bits per heavy atom. The topological polar surface area (TPSA) is 56.5 Å². The fourth-order valence-electron chi connectivity index (χ4n) is 2.50. The normalized spacial score (nSPS) is 12.1. The zero-order valence-electron chi connectivity index (χ0n) is 12.9. The SMILES string of the molecule is CC(=O)OC(c1ccccc1)c1cc(=O)c2cc(C)ccc2o1. The number of hydrogen-bond acceptors (Lipinski definition) is 4. The van der Waals surface area contributed by atoms with Gasteiger partial charge in [0, 0.05) is 18.6 Å². The lowest BCUT2D eigenvalue weighted by atomic mass is 10.1. The Bertz CT molecular complexity index is 910. The van der Waals surface area contributed by atoms with E-state index in [1.807, 2.05) is 43.3 Å². The Kier molecular flexibility index (Phi) is 3.98. The highest BCUT2D eigenvalue weighted by Gasteiger charge is 2.21. The lowest BCUT2D eigenvalue weighted by Crippen LogP contribution is -2.13. The van der Waals surface area contributed by atoms with Crippen LogP contribution in [-0.4, -0.2) is 5.97 Å². The predicted molar refractivity (Wildman–Crippen MR) is 87.3 cm³/mol. The summed E-state index contributed by atoms with van der Waals surface area (Å²) in [5.41, 5.74) is 2.05. The Morgan fingerprint density at radius 3 is 2.52 bits per heavy atom. The fraction of sp³-hybridized carbons (Fsp3) is 0.158. The van der Waals surface area contributed by atoms with E-state index in [1.54, 1.807) is 12.1 Å². The molecule has 0 saturated carbocycles. The molecule has 1 unspecified atom stereocenters. The molecule has 0 N–H and O–H groups in total. The Hall–Kier alpha value is -2.88.